The minimum Gasteiger partial charge on any atom is -0.312 e. The number of nitrogens with one attached hydrogen (secondary N) is 1. The molecular weight excluding hydrogens is 246 g/mol. The van der Waals surface area contributed by atoms with Crippen LogP contribution in [-0.2, 0) is 12.7 Å². The Morgan fingerprint density at radius 2 is 1.94 bits per heavy atom. The minimum atomic E-state index is -4.64. The number of alkyl halides is 3. The first-order valence-corrected chi connectivity index (χ1v) is 5.87. The SMILES string of the molecule is CC1(CNCc2ccc(F)c(C(F)(F)F)c2)CC1. The van der Waals surface area contributed by atoms with Crippen LogP contribution in [0.3, 0.4) is 0 Å². The molecule has 100 valence electrons. The van der Waals surface area contributed by atoms with Gasteiger partial charge in [0.1, 0.15) is 5.82 Å². The van der Waals surface area contributed by atoms with Crippen molar-refractivity contribution in [3.8, 4) is 0 Å². The van der Waals surface area contributed by atoms with Crippen molar-refractivity contribution in [2.75, 3.05) is 6.54 Å². The number of hydrogen-bond acceptors (Lipinski definition) is 1. The molecule has 0 unspecified atom stereocenters. The van der Waals surface area contributed by atoms with Crippen LogP contribution in [0.1, 0.15) is 30.9 Å². The van der Waals surface area contributed by atoms with Gasteiger partial charge in [-0.05, 0) is 36.0 Å². The molecule has 0 aromatic heterocycles. The summed E-state index contributed by atoms with van der Waals surface area (Å²) < 4.78 is 50.5. The number of halogens is 4. The molecule has 0 aliphatic heterocycles. The average molecular weight is 261 g/mol. The summed E-state index contributed by atoms with van der Waals surface area (Å²) in [7, 11) is 0. The molecule has 1 aliphatic rings. The highest BCUT2D eigenvalue weighted by molar-refractivity contribution is 5.27. The van der Waals surface area contributed by atoms with Crippen molar-refractivity contribution >= 4 is 0 Å². The molecule has 1 saturated carbocycles. The van der Waals surface area contributed by atoms with Gasteiger partial charge in [0.25, 0.3) is 0 Å². The van der Waals surface area contributed by atoms with Gasteiger partial charge in [0.15, 0.2) is 0 Å². The van der Waals surface area contributed by atoms with Gasteiger partial charge in [-0.15, -0.1) is 0 Å². The third-order valence-corrected chi connectivity index (χ3v) is 3.32. The van der Waals surface area contributed by atoms with Crippen LogP contribution in [0.2, 0.25) is 0 Å². The van der Waals surface area contributed by atoms with Gasteiger partial charge in [0, 0.05) is 13.1 Å². The molecule has 1 aromatic rings. The van der Waals surface area contributed by atoms with Crippen LogP contribution in [-0.4, -0.2) is 6.54 Å². The maximum Gasteiger partial charge on any atom is 0.419 e. The predicted molar refractivity (Wildman–Crippen MR) is 60.4 cm³/mol. The van der Waals surface area contributed by atoms with Crippen LogP contribution in [0.5, 0.6) is 0 Å². The molecule has 2 rings (SSSR count). The zero-order valence-electron chi connectivity index (χ0n) is 10.1. The lowest BCUT2D eigenvalue weighted by Crippen LogP contribution is -2.22. The van der Waals surface area contributed by atoms with Crippen LogP contribution in [0, 0.1) is 11.2 Å². The molecule has 0 atom stereocenters. The highest BCUT2D eigenvalue weighted by Gasteiger charge is 2.36. The molecule has 1 aromatic carbocycles. The Morgan fingerprint density at radius 1 is 1.28 bits per heavy atom. The number of benzene rings is 1. The van der Waals surface area contributed by atoms with Crippen molar-refractivity contribution in [1.82, 2.24) is 5.32 Å². The largest absolute Gasteiger partial charge is 0.419 e. The van der Waals surface area contributed by atoms with Crippen LogP contribution in [0.15, 0.2) is 18.2 Å². The predicted octanol–water partition coefficient (Wildman–Crippen LogP) is 3.73. The summed E-state index contributed by atoms with van der Waals surface area (Å²) in [6.45, 7) is 3.25. The summed E-state index contributed by atoms with van der Waals surface area (Å²) in [5.41, 5.74) is -0.445. The Balaban J connectivity index is 2.00. The van der Waals surface area contributed by atoms with Gasteiger partial charge in [0.2, 0.25) is 0 Å². The Hall–Kier alpha value is -1.10. The van der Waals surface area contributed by atoms with Crippen molar-refractivity contribution in [2.24, 2.45) is 5.41 Å². The maximum atomic E-state index is 13.0. The van der Waals surface area contributed by atoms with Gasteiger partial charge < -0.3 is 5.32 Å². The standard InChI is InChI=1S/C13H15F4N/c1-12(4-5-12)8-18-7-9-2-3-11(14)10(6-9)13(15,16)17/h2-3,6,18H,4-5,7-8H2,1H3. The van der Waals surface area contributed by atoms with E-state index in [1.807, 2.05) is 0 Å². The Morgan fingerprint density at radius 3 is 2.50 bits per heavy atom. The molecule has 1 fully saturated rings. The van der Waals surface area contributed by atoms with Gasteiger partial charge >= 0.3 is 6.18 Å². The fourth-order valence-corrected chi connectivity index (χ4v) is 1.80. The average Bonchev–Trinajstić information content (AvgIpc) is 2.98. The van der Waals surface area contributed by atoms with E-state index in [9.17, 15) is 17.6 Å². The van der Waals surface area contributed by atoms with Gasteiger partial charge in [-0.25, -0.2) is 4.39 Å². The van der Waals surface area contributed by atoms with E-state index in [0.29, 0.717) is 17.5 Å². The maximum absolute atomic E-state index is 13.0. The molecule has 18 heavy (non-hydrogen) atoms. The fraction of sp³-hybridized carbons (Fsp3) is 0.538. The third kappa shape index (κ3) is 3.22. The van der Waals surface area contributed by atoms with Crippen molar-refractivity contribution in [1.29, 1.82) is 0 Å². The zero-order chi connectivity index (χ0) is 13.4. The smallest absolute Gasteiger partial charge is 0.312 e. The van der Waals surface area contributed by atoms with E-state index in [4.69, 9.17) is 0 Å². The molecular formula is C13H15F4N. The molecule has 1 nitrogen and oxygen atoms in total. The van der Waals surface area contributed by atoms with E-state index >= 15 is 0 Å². The van der Waals surface area contributed by atoms with E-state index in [0.717, 1.165) is 31.5 Å². The Labute approximate surface area is 103 Å². The lowest BCUT2D eigenvalue weighted by Gasteiger charge is -2.12. The van der Waals surface area contributed by atoms with Gasteiger partial charge in [-0.2, -0.15) is 13.2 Å². The normalized spacial score (nSPS) is 17.8. The van der Waals surface area contributed by atoms with Crippen molar-refractivity contribution in [2.45, 2.75) is 32.5 Å². The lowest BCUT2D eigenvalue weighted by molar-refractivity contribution is -0.140. The molecule has 0 heterocycles. The summed E-state index contributed by atoms with van der Waals surface area (Å²) in [4.78, 5) is 0. The molecule has 5 heteroatoms. The Kier molecular flexibility index (Phi) is 3.36. The summed E-state index contributed by atoms with van der Waals surface area (Å²) in [6, 6.07) is 3.13. The molecule has 0 radical (unpaired) electrons. The monoisotopic (exact) mass is 261 g/mol. The Bertz CT molecular complexity index is 435. The lowest BCUT2D eigenvalue weighted by atomic mass is 10.1. The van der Waals surface area contributed by atoms with Crippen LogP contribution < -0.4 is 5.32 Å². The highest BCUT2D eigenvalue weighted by Crippen LogP contribution is 2.44. The van der Waals surface area contributed by atoms with Crippen molar-refractivity contribution < 1.29 is 17.6 Å². The first kappa shape index (κ1) is 13.3. The summed E-state index contributed by atoms with van der Waals surface area (Å²) >= 11 is 0. The molecule has 0 saturated heterocycles. The summed E-state index contributed by atoms with van der Waals surface area (Å²) in [5.74, 6) is -1.22. The molecule has 0 amide bonds. The molecule has 0 spiro atoms. The fourth-order valence-electron chi connectivity index (χ4n) is 1.80. The van der Waals surface area contributed by atoms with Crippen molar-refractivity contribution in [3.63, 3.8) is 0 Å². The first-order valence-electron chi connectivity index (χ1n) is 5.87. The van der Waals surface area contributed by atoms with Crippen molar-refractivity contribution in [3.05, 3.63) is 35.1 Å². The van der Waals surface area contributed by atoms with E-state index in [1.54, 1.807) is 0 Å². The molecule has 1 aliphatic carbocycles. The summed E-state index contributed by atoms with van der Waals surface area (Å²) in [6.07, 6.45) is -2.34. The van der Waals surface area contributed by atoms with Crippen LogP contribution >= 0.6 is 0 Å². The topological polar surface area (TPSA) is 12.0 Å². The van der Waals surface area contributed by atoms with Gasteiger partial charge in [-0.3, -0.25) is 0 Å². The highest BCUT2D eigenvalue weighted by atomic mass is 19.4. The van der Waals surface area contributed by atoms with Gasteiger partial charge in [-0.1, -0.05) is 13.0 Å². The van der Waals surface area contributed by atoms with E-state index < -0.39 is 17.6 Å². The quantitative estimate of drug-likeness (QED) is 0.814. The van der Waals surface area contributed by atoms with Gasteiger partial charge in [0.05, 0.1) is 5.56 Å². The second kappa shape index (κ2) is 4.53. The summed E-state index contributed by atoms with van der Waals surface area (Å²) in [5, 5.41) is 3.11. The molecule has 0 bridgehead atoms. The van der Waals surface area contributed by atoms with E-state index in [-0.39, 0.29) is 0 Å². The van der Waals surface area contributed by atoms with Crippen LogP contribution in [0.25, 0.3) is 0 Å². The first-order chi connectivity index (χ1) is 8.30. The number of rotatable bonds is 4. The number of hydrogen-bond donors (Lipinski definition) is 1. The minimum absolute atomic E-state index is 0.298. The van der Waals surface area contributed by atoms with Crippen LogP contribution in [0.4, 0.5) is 17.6 Å². The second-order valence-electron chi connectivity index (χ2n) is 5.23. The second-order valence-corrected chi connectivity index (χ2v) is 5.23. The zero-order valence-corrected chi connectivity index (χ0v) is 10.1. The third-order valence-electron chi connectivity index (χ3n) is 3.32. The molecule has 1 N–H and O–H groups in total. The van der Waals surface area contributed by atoms with E-state index in [2.05, 4.69) is 12.2 Å². The van der Waals surface area contributed by atoms with E-state index in [1.165, 1.54) is 6.07 Å².